The molecule has 0 saturated carbocycles. The van der Waals surface area contributed by atoms with E-state index in [-0.39, 0.29) is 18.4 Å². The SMILES string of the molecule is COCCn1c(C)cc(C(=O)NCc2nnn3c2CN(Cc2ccccc2)C(=O)C3C)c1C. The van der Waals surface area contributed by atoms with Crippen molar-refractivity contribution >= 4 is 11.8 Å². The molecule has 1 unspecified atom stereocenters. The Morgan fingerprint density at radius 2 is 2.00 bits per heavy atom. The number of carbonyl (C=O) groups excluding carboxylic acids is 2. The molecule has 1 N–H and O–H groups in total. The maximum atomic E-state index is 12.9. The number of amides is 2. The van der Waals surface area contributed by atoms with E-state index in [1.54, 1.807) is 11.8 Å². The third kappa shape index (κ3) is 4.54. The average molecular weight is 451 g/mol. The van der Waals surface area contributed by atoms with Crippen molar-refractivity contribution in [2.45, 2.75) is 53.0 Å². The van der Waals surface area contributed by atoms with Crippen molar-refractivity contribution < 1.29 is 14.3 Å². The van der Waals surface area contributed by atoms with Crippen LogP contribution in [0.1, 0.15) is 51.7 Å². The van der Waals surface area contributed by atoms with Gasteiger partial charge in [-0.1, -0.05) is 35.5 Å². The number of hydrogen-bond donors (Lipinski definition) is 1. The molecule has 2 aromatic heterocycles. The van der Waals surface area contributed by atoms with Crippen LogP contribution in [0.2, 0.25) is 0 Å². The van der Waals surface area contributed by atoms with Crippen LogP contribution in [0.25, 0.3) is 0 Å². The van der Waals surface area contributed by atoms with Crippen LogP contribution in [-0.4, -0.2) is 50.0 Å². The van der Waals surface area contributed by atoms with Gasteiger partial charge in [0.15, 0.2) is 0 Å². The van der Waals surface area contributed by atoms with E-state index in [0.29, 0.717) is 37.5 Å². The Bertz CT molecular complexity index is 1150. The summed E-state index contributed by atoms with van der Waals surface area (Å²) in [7, 11) is 1.66. The largest absolute Gasteiger partial charge is 0.383 e. The first-order valence-corrected chi connectivity index (χ1v) is 11.1. The number of aromatic nitrogens is 4. The second kappa shape index (κ2) is 9.58. The minimum atomic E-state index is -0.436. The summed E-state index contributed by atoms with van der Waals surface area (Å²) in [6, 6.07) is 11.4. The molecule has 0 saturated heterocycles. The van der Waals surface area contributed by atoms with E-state index in [2.05, 4.69) is 20.2 Å². The van der Waals surface area contributed by atoms with Gasteiger partial charge in [-0.05, 0) is 32.4 Å². The molecule has 0 radical (unpaired) electrons. The van der Waals surface area contributed by atoms with E-state index in [1.807, 2.05) is 62.1 Å². The minimum Gasteiger partial charge on any atom is -0.383 e. The molecule has 0 spiro atoms. The Balaban J connectivity index is 1.48. The standard InChI is InChI=1S/C24H30N6O3/c1-16-12-20(17(2)29(16)10-11-33-4)23(31)25-13-21-22-15-28(14-19-8-6-5-7-9-19)24(32)18(3)30(22)27-26-21/h5-9,12,18H,10-11,13-15H2,1-4H3,(H,25,31). The van der Waals surface area contributed by atoms with Crippen molar-refractivity contribution in [1.82, 2.24) is 29.8 Å². The lowest BCUT2D eigenvalue weighted by Gasteiger charge is -2.31. The molecule has 0 fully saturated rings. The van der Waals surface area contributed by atoms with E-state index < -0.39 is 6.04 Å². The van der Waals surface area contributed by atoms with Crippen LogP contribution >= 0.6 is 0 Å². The van der Waals surface area contributed by atoms with Gasteiger partial charge in [0, 0.05) is 31.6 Å². The molecule has 1 atom stereocenters. The number of nitrogens with zero attached hydrogens (tertiary/aromatic N) is 5. The highest BCUT2D eigenvalue weighted by molar-refractivity contribution is 5.95. The fourth-order valence-corrected chi connectivity index (χ4v) is 4.34. The van der Waals surface area contributed by atoms with E-state index in [1.165, 1.54) is 0 Å². The number of fused-ring (bicyclic) bond motifs is 1. The van der Waals surface area contributed by atoms with Gasteiger partial charge in [0.1, 0.15) is 11.7 Å². The average Bonchev–Trinajstić information content (AvgIpc) is 3.35. The lowest BCUT2D eigenvalue weighted by Crippen LogP contribution is -2.41. The molecule has 9 heteroatoms. The van der Waals surface area contributed by atoms with Gasteiger partial charge in [-0.3, -0.25) is 9.59 Å². The Kier molecular flexibility index (Phi) is 6.60. The zero-order chi connectivity index (χ0) is 23.5. The van der Waals surface area contributed by atoms with Crippen LogP contribution in [0.3, 0.4) is 0 Å². The molecule has 1 aromatic carbocycles. The molecule has 2 amide bonds. The molecule has 9 nitrogen and oxygen atoms in total. The summed E-state index contributed by atoms with van der Waals surface area (Å²) < 4.78 is 8.92. The summed E-state index contributed by atoms with van der Waals surface area (Å²) in [5.41, 5.74) is 5.15. The summed E-state index contributed by atoms with van der Waals surface area (Å²) >= 11 is 0. The number of methoxy groups -OCH3 is 1. The summed E-state index contributed by atoms with van der Waals surface area (Å²) in [6.07, 6.45) is 0. The number of ether oxygens (including phenoxy) is 1. The van der Waals surface area contributed by atoms with Crippen molar-refractivity contribution in [2.75, 3.05) is 13.7 Å². The molecule has 3 heterocycles. The Morgan fingerprint density at radius 3 is 2.73 bits per heavy atom. The second-order valence-electron chi connectivity index (χ2n) is 8.40. The number of rotatable bonds is 8. The Labute approximate surface area is 193 Å². The number of benzene rings is 1. The number of carbonyl (C=O) groups is 2. The summed E-state index contributed by atoms with van der Waals surface area (Å²) in [5.74, 6) is -0.148. The molecule has 33 heavy (non-hydrogen) atoms. The highest BCUT2D eigenvalue weighted by atomic mass is 16.5. The van der Waals surface area contributed by atoms with Gasteiger partial charge in [0.05, 0.1) is 31.0 Å². The number of nitrogens with one attached hydrogen (secondary N) is 1. The predicted molar refractivity (Wildman–Crippen MR) is 122 cm³/mol. The fraction of sp³-hybridized carbons (Fsp3) is 0.417. The van der Waals surface area contributed by atoms with E-state index in [9.17, 15) is 9.59 Å². The number of hydrogen-bond acceptors (Lipinski definition) is 5. The van der Waals surface area contributed by atoms with Crippen LogP contribution in [0.4, 0.5) is 0 Å². The van der Waals surface area contributed by atoms with Gasteiger partial charge in [-0.15, -0.1) is 5.10 Å². The normalized spacial score (nSPS) is 15.6. The van der Waals surface area contributed by atoms with Gasteiger partial charge in [0.2, 0.25) is 5.91 Å². The van der Waals surface area contributed by atoms with E-state index in [4.69, 9.17) is 4.74 Å². The zero-order valence-electron chi connectivity index (χ0n) is 19.5. The summed E-state index contributed by atoms with van der Waals surface area (Å²) in [5, 5.41) is 11.4. The highest BCUT2D eigenvalue weighted by Crippen LogP contribution is 2.25. The monoisotopic (exact) mass is 450 g/mol. The topological polar surface area (TPSA) is 94.3 Å². The lowest BCUT2D eigenvalue weighted by molar-refractivity contribution is -0.138. The third-order valence-corrected chi connectivity index (χ3v) is 6.22. The molecule has 4 rings (SSSR count). The van der Waals surface area contributed by atoms with Crippen molar-refractivity contribution in [3.05, 3.63) is 70.3 Å². The van der Waals surface area contributed by atoms with Crippen LogP contribution in [0.15, 0.2) is 36.4 Å². The van der Waals surface area contributed by atoms with Crippen LogP contribution < -0.4 is 5.32 Å². The first-order chi connectivity index (χ1) is 15.9. The first kappa shape index (κ1) is 22.7. The van der Waals surface area contributed by atoms with Gasteiger partial charge in [0.25, 0.3) is 5.91 Å². The quantitative estimate of drug-likeness (QED) is 0.569. The molecular formula is C24H30N6O3. The van der Waals surface area contributed by atoms with Crippen molar-refractivity contribution in [3.8, 4) is 0 Å². The molecule has 0 aliphatic carbocycles. The third-order valence-electron chi connectivity index (χ3n) is 6.22. The number of aryl methyl sites for hydroxylation is 1. The Morgan fingerprint density at radius 1 is 1.24 bits per heavy atom. The van der Waals surface area contributed by atoms with Gasteiger partial charge < -0.3 is 19.5 Å². The van der Waals surface area contributed by atoms with Gasteiger partial charge in [-0.2, -0.15) is 0 Å². The summed E-state index contributed by atoms with van der Waals surface area (Å²) in [6.45, 7) is 8.20. The van der Waals surface area contributed by atoms with E-state index in [0.717, 1.165) is 22.6 Å². The maximum absolute atomic E-state index is 12.9. The van der Waals surface area contributed by atoms with Crippen molar-refractivity contribution in [3.63, 3.8) is 0 Å². The van der Waals surface area contributed by atoms with Crippen LogP contribution in [0.5, 0.6) is 0 Å². The molecule has 3 aromatic rings. The molecule has 1 aliphatic heterocycles. The van der Waals surface area contributed by atoms with Gasteiger partial charge in [-0.25, -0.2) is 4.68 Å². The Hall–Kier alpha value is -3.46. The van der Waals surface area contributed by atoms with Gasteiger partial charge >= 0.3 is 0 Å². The zero-order valence-corrected chi connectivity index (χ0v) is 19.5. The predicted octanol–water partition coefficient (Wildman–Crippen LogP) is 2.38. The lowest BCUT2D eigenvalue weighted by atomic mass is 10.1. The second-order valence-corrected chi connectivity index (χ2v) is 8.40. The maximum Gasteiger partial charge on any atom is 0.253 e. The summed E-state index contributed by atoms with van der Waals surface area (Å²) in [4.78, 5) is 27.6. The molecule has 0 bridgehead atoms. The molecule has 1 aliphatic rings. The van der Waals surface area contributed by atoms with Crippen LogP contribution in [-0.2, 0) is 35.7 Å². The smallest absolute Gasteiger partial charge is 0.253 e. The van der Waals surface area contributed by atoms with Crippen molar-refractivity contribution in [1.29, 1.82) is 0 Å². The highest BCUT2D eigenvalue weighted by Gasteiger charge is 2.33. The van der Waals surface area contributed by atoms with Crippen LogP contribution in [0, 0.1) is 13.8 Å². The minimum absolute atomic E-state index is 0.00957. The van der Waals surface area contributed by atoms with Crippen molar-refractivity contribution in [2.24, 2.45) is 0 Å². The molecular weight excluding hydrogens is 420 g/mol. The first-order valence-electron chi connectivity index (χ1n) is 11.1. The molecule has 174 valence electrons. The van der Waals surface area contributed by atoms with E-state index >= 15 is 0 Å². The fourth-order valence-electron chi connectivity index (χ4n) is 4.34.